The van der Waals surface area contributed by atoms with Crippen molar-refractivity contribution in [1.29, 1.82) is 0 Å². The summed E-state index contributed by atoms with van der Waals surface area (Å²) in [6.45, 7) is 5.56. The number of thiazole rings is 1. The maximum absolute atomic E-state index is 5.32. The third kappa shape index (κ3) is 5.04. The van der Waals surface area contributed by atoms with Gasteiger partial charge in [0.25, 0.3) is 0 Å². The molecule has 1 N–H and O–H groups in total. The third-order valence-electron chi connectivity index (χ3n) is 3.81. The first-order valence-corrected chi connectivity index (χ1v) is 8.86. The second-order valence-corrected chi connectivity index (χ2v) is 6.69. The Bertz CT molecular complexity index is 666. The Morgan fingerprint density at radius 2 is 2.08 bits per heavy atom. The molecule has 0 fully saturated rings. The number of aryl methyl sites for hydroxylation is 1. The number of rotatable bonds is 6. The molecule has 0 aliphatic rings. The average Bonchev–Trinajstić information content (AvgIpc) is 3.04. The van der Waals surface area contributed by atoms with Gasteiger partial charge in [0.2, 0.25) is 0 Å². The van der Waals surface area contributed by atoms with Crippen LogP contribution in [-0.2, 0) is 17.8 Å². The van der Waals surface area contributed by atoms with Gasteiger partial charge in [-0.15, -0.1) is 11.3 Å². The van der Waals surface area contributed by atoms with Crippen molar-refractivity contribution in [2.75, 3.05) is 21.2 Å². The van der Waals surface area contributed by atoms with Crippen LogP contribution in [0.1, 0.15) is 34.9 Å². The number of guanidine groups is 1. The quantitative estimate of drug-likeness (QED) is 0.644. The smallest absolute Gasteiger partial charge is 0.194 e. The molecule has 0 amide bonds. The SMILES string of the molecule is CN=C(NCc1ccc(C)cc1)N(C)Cc1csc(C(C)OC)n1. The molecule has 1 atom stereocenters. The zero-order valence-corrected chi connectivity index (χ0v) is 15.9. The normalized spacial score (nSPS) is 13.0. The average molecular weight is 347 g/mol. The Hall–Kier alpha value is -1.92. The van der Waals surface area contributed by atoms with E-state index in [0.29, 0.717) is 6.54 Å². The molecule has 0 bridgehead atoms. The number of nitrogens with zero attached hydrogens (tertiary/aromatic N) is 3. The molecule has 5 nitrogen and oxygen atoms in total. The molecule has 0 saturated heterocycles. The highest BCUT2D eigenvalue weighted by molar-refractivity contribution is 7.09. The van der Waals surface area contributed by atoms with E-state index >= 15 is 0 Å². The number of aromatic nitrogens is 1. The molecule has 0 radical (unpaired) electrons. The van der Waals surface area contributed by atoms with Crippen molar-refractivity contribution in [3.05, 3.63) is 51.5 Å². The van der Waals surface area contributed by atoms with Gasteiger partial charge in [-0.3, -0.25) is 4.99 Å². The molecule has 0 spiro atoms. The van der Waals surface area contributed by atoms with Crippen molar-refractivity contribution in [1.82, 2.24) is 15.2 Å². The monoisotopic (exact) mass is 346 g/mol. The van der Waals surface area contributed by atoms with Crippen LogP contribution in [0.15, 0.2) is 34.6 Å². The van der Waals surface area contributed by atoms with Crippen molar-refractivity contribution in [2.24, 2.45) is 4.99 Å². The number of aliphatic imine (C=N–C) groups is 1. The van der Waals surface area contributed by atoms with Crippen LogP contribution in [0.3, 0.4) is 0 Å². The van der Waals surface area contributed by atoms with E-state index in [9.17, 15) is 0 Å². The largest absolute Gasteiger partial charge is 0.375 e. The Morgan fingerprint density at radius 3 is 2.71 bits per heavy atom. The summed E-state index contributed by atoms with van der Waals surface area (Å²) >= 11 is 1.63. The summed E-state index contributed by atoms with van der Waals surface area (Å²) in [5.41, 5.74) is 3.53. The summed E-state index contributed by atoms with van der Waals surface area (Å²) in [5.74, 6) is 0.852. The molecule has 2 rings (SSSR count). The summed E-state index contributed by atoms with van der Waals surface area (Å²) in [6, 6.07) is 8.51. The molecule has 6 heteroatoms. The van der Waals surface area contributed by atoms with E-state index < -0.39 is 0 Å². The molecule has 1 aromatic carbocycles. The highest BCUT2D eigenvalue weighted by atomic mass is 32.1. The van der Waals surface area contributed by atoms with Gasteiger partial charge < -0.3 is 15.0 Å². The molecular weight excluding hydrogens is 320 g/mol. The van der Waals surface area contributed by atoms with Gasteiger partial charge >= 0.3 is 0 Å². The van der Waals surface area contributed by atoms with Crippen LogP contribution in [0.5, 0.6) is 0 Å². The first kappa shape index (κ1) is 18.4. The van der Waals surface area contributed by atoms with Gasteiger partial charge in [-0.1, -0.05) is 29.8 Å². The van der Waals surface area contributed by atoms with Crippen LogP contribution >= 0.6 is 11.3 Å². The lowest BCUT2D eigenvalue weighted by molar-refractivity contribution is 0.119. The van der Waals surface area contributed by atoms with Gasteiger partial charge in [-0.05, 0) is 19.4 Å². The molecule has 1 heterocycles. The fourth-order valence-corrected chi connectivity index (χ4v) is 3.11. The van der Waals surface area contributed by atoms with Crippen LogP contribution in [0.25, 0.3) is 0 Å². The minimum atomic E-state index is 0.0352. The van der Waals surface area contributed by atoms with Gasteiger partial charge in [0.1, 0.15) is 11.1 Å². The molecule has 24 heavy (non-hydrogen) atoms. The van der Waals surface area contributed by atoms with Crippen molar-refractivity contribution in [2.45, 2.75) is 33.0 Å². The highest BCUT2D eigenvalue weighted by Crippen LogP contribution is 2.20. The molecule has 130 valence electrons. The second kappa shape index (κ2) is 8.80. The maximum atomic E-state index is 5.32. The highest BCUT2D eigenvalue weighted by Gasteiger charge is 2.12. The summed E-state index contributed by atoms with van der Waals surface area (Å²) in [7, 11) is 5.52. The third-order valence-corrected chi connectivity index (χ3v) is 4.87. The number of hydrogen-bond donors (Lipinski definition) is 1. The Balaban J connectivity index is 1.92. The van der Waals surface area contributed by atoms with Gasteiger partial charge in [0.15, 0.2) is 5.96 Å². The van der Waals surface area contributed by atoms with E-state index in [4.69, 9.17) is 4.74 Å². The summed E-state index contributed by atoms with van der Waals surface area (Å²) in [4.78, 5) is 11.1. The number of benzene rings is 1. The van der Waals surface area contributed by atoms with Crippen LogP contribution in [0, 0.1) is 6.92 Å². The van der Waals surface area contributed by atoms with Gasteiger partial charge in [-0.2, -0.15) is 0 Å². The van der Waals surface area contributed by atoms with Gasteiger partial charge in [-0.25, -0.2) is 4.98 Å². The number of methoxy groups -OCH3 is 1. The van der Waals surface area contributed by atoms with E-state index in [1.165, 1.54) is 11.1 Å². The van der Waals surface area contributed by atoms with E-state index in [-0.39, 0.29) is 6.10 Å². The van der Waals surface area contributed by atoms with Crippen molar-refractivity contribution in [3.8, 4) is 0 Å². The van der Waals surface area contributed by atoms with Crippen LogP contribution in [0.2, 0.25) is 0 Å². The van der Waals surface area contributed by atoms with Crippen LogP contribution in [0.4, 0.5) is 0 Å². The first-order valence-electron chi connectivity index (χ1n) is 7.98. The Kier molecular flexibility index (Phi) is 6.75. The minimum Gasteiger partial charge on any atom is -0.375 e. The molecule has 0 aliphatic heterocycles. The van der Waals surface area contributed by atoms with Crippen LogP contribution in [-0.4, -0.2) is 37.0 Å². The van der Waals surface area contributed by atoms with Crippen molar-refractivity contribution >= 4 is 17.3 Å². The number of ether oxygens (including phenoxy) is 1. The van der Waals surface area contributed by atoms with Crippen molar-refractivity contribution < 1.29 is 4.74 Å². The standard InChI is InChI=1S/C18H26N4OS/c1-13-6-8-15(9-7-13)10-20-18(19-3)22(4)11-16-12-24-17(21-16)14(2)23-5/h6-9,12,14H,10-11H2,1-5H3,(H,19,20). The predicted molar refractivity (Wildman–Crippen MR) is 100 cm³/mol. The van der Waals surface area contributed by atoms with E-state index in [1.54, 1.807) is 25.5 Å². The zero-order chi connectivity index (χ0) is 17.5. The molecular formula is C18H26N4OS. The van der Waals surface area contributed by atoms with E-state index in [1.807, 2.05) is 14.0 Å². The molecule has 0 saturated carbocycles. The molecule has 2 aromatic rings. The lowest BCUT2D eigenvalue weighted by Crippen LogP contribution is -2.38. The first-order chi connectivity index (χ1) is 11.5. The lowest BCUT2D eigenvalue weighted by atomic mass is 10.1. The number of hydrogen-bond acceptors (Lipinski definition) is 4. The zero-order valence-electron chi connectivity index (χ0n) is 15.0. The summed E-state index contributed by atoms with van der Waals surface area (Å²) < 4.78 is 5.32. The summed E-state index contributed by atoms with van der Waals surface area (Å²) in [6.07, 6.45) is 0.0352. The molecule has 1 aromatic heterocycles. The topological polar surface area (TPSA) is 49.8 Å². The fourth-order valence-electron chi connectivity index (χ4n) is 2.27. The molecule has 0 aliphatic carbocycles. The number of nitrogens with one attached hydrogen (secondary N) is 1. The Labute approximate surface area is 148 Å². The molecule has 1 unspecified atom stereocenters. The van der Waals surface area contributed by atoms with E-state index in [2.05, 4.69) is 56.8 Å². The van der Waals surface area contributed by atoms with Gasteiger partial charge in [0.05, 0.1) is 12.2 Å². The predicted octanol–water partition coefficient (Wildman–Crippen LogP) is 3.37. The van der Waals surface area contributed by atoms with E-state index in [0.717, 1.165) is 23.2 Å². The second-order valence-electron chi connectivity index (χ2n) is 5.80. The maximum Gasteiger partial charge on any atom is 0.194 e. The Morgan fingerprint density at radius 1 is 1.38 bits per heavy atom. The van der Waals surface area contributed by atoms with Gasteiger partial charge in [0, 0.05) is 33.1 Å². The van der Waals surface area contributed by atoms with Crippen molar-refractivity contribution in [3.63, 3.8) is 0 Å². The lowest BCUT2D eigenvalue weighted by Gasteiger charge is -2.21. The summed E-state index contributed by atoms with van der Waals surface area (Å²) in [5, 5.41) is 6.47. The van der Waals surface area contributed by atoms with Crippen LogP contribution < -0.4 is 5.32 Å². The fraction of sp³-hybridized carbons (Fsp3) is 0.444. The minimum absolute atomic E-state index is 0.0352.